The van der Waals surface area contributed by atoms with Crippen molar-refractivity contribution < 1.29 is 18.0 Å². The standard InChI is InChI=1S/C13H18F3N3O/c1-2-10-7-11(19-18-10)17-12(20)8-3-5-9(6-4-8)13(14,15)16/h7-9H,2-6H2,1H3,(H2,17,18,19,20). The number of aryl methyl sites for hydroxylation is 1. The lowest BCUT2D eigenvalue weighted by atomic mass is 9.81. The fraction of sp³-hybridized carbons (Fsp3) is 0.692. The molecule has 1 heterocycles. The van der Waals surface area contributed by atoms with Gasteiger partial charge in [0, 0.05) is 17.7 Å². The van der Waals surface area contributed by atoms with Gasteiger partial charge < -0.3 is 5.32 Å². The Bertz CT molecular complexity index is 462. The van der Waals surface area contributed by atoms with Gasteiger partial charge in [-0.1, -0.05) is 6.92 Å². The molecule has 2 rings (SSSR count). The molecule has 0 bridgehead atoms. The summed E-state index contributed by atoms with van der Waals surface area (Å²) in [7, 11) is 0. The van der Waals surface area contributed by atoms with E-state index >= 15 is 0 Å². The molecule has 0 spiro atoms. The second kappa shape index (κ2) is 5.85. The molecule has 1 aromatic rings. The molecule has 0 atom stereocenters. The average molecular weight is 289 g/mol. The van der Waals surface area contributed by atoms with E-state index in [1.165, 1.54) is 0 Å². The van der Waals surface area contributed by atoms with Crippen molar-refractivity contribution in [1.82, 2.24) is 10.2 Å². The number of anilines is 1. The number of alkyl halides is 3. The molecule has 1 fully saturated rings. The largest absolute Gasteiger partial charge is 0.391 e. The minimum Gasteiger partial charge on any atom is -0.309 e. The number of aromatic amines is 1. The summed E-state index contributed by atoms with van der Waals surface area (Å²) in [6, 6.07) is 1.74. The van der Waals surface area contributed by atoms with Crippen molar-refractivity contribution in [1.29, 1.82) is 0 Å². The third-order valence-electron chi connectivity index (χ3n) is 3.82. The van der Waals surface area contributed by atoms with Crippen molar-refractivity contribution in [2.75, 3.05) is 5.32 Å². The molecular formula is C13H18F3N3O. The molecule has 1 aliphatic carbocycles. The van der Waals surface area contributed by atoms with E-state index in [9.17, 15) is 18.0 Å². The van der Waals surface area contributed by atoms with Crippen molar-refractivity contribution >= 4 is 11.7 Å². The first-order valence-corrected chi connectivity index (χ1v) is 6.82. The molecule has 2 N–H and O–H groups in total. The Morgan fingerprint density at radius 3 is 2.55 bits per heavy atom. The molecule has 20 heavy (non-hydrogen) atoms. The van der Waals surface area contributed by atoms with Crippen molar-refractivity contribution in [3.8, 4) is 0 Å². The van der Waals surface area contributed by atoms with Gasteiger partial charge in [0.15, 0.2) is 5.82 Å². The summed E-state index contributed by atoms with van der Waals surface area (Å²) in [6.45, 7) is 1.96. The molecule has 1 amide bonds. The summed E-state index contributed by atoms with van der Waals surface area (Å²) in [5.41, 5.74) is 0.904. The zero-order valence-corrected chi connectivity index (χ0v) is 11.3. The van der Waals surface area contributed by atoms with Gasteiger partial charge in [0.05, 0.1) is 5.92 Å². The maximum atomic E-state index is 12.5. The van der Waals surface area contributed by atoms with E-state index in [2.05, 4.69) is 15.5 Å². The molecule has 0 radical (unpaired) electrons. The molecule has 4 nitrogen and oxygen atoms in total. The van der Waals surface area contributed by atoms with Crippen LogP contribution in [-0.4, -0.2) is 22.3 Å². The van der Waals surface area contributed by atoms with E-state index in [-0.39, 0.29) is 37.5 Å². The van der Waals surface area contributed by atoms with E-state index in [0.29, 0.717) is 5.82 Å². The Balaban J connectivity index is 1.86. The first-order chi connectivity index (χ1) is 9.40. The van der Waals surface area contributed by atoms with Crippen molar-refractivity contribution in [2.24, 2.45) is 11.8 Å². The van der Waals surface area contributed by atoms with E-state index in [1.54, 1.807) is 6.07 Å². The highest BCUT2D eigenvalue weighted by Gasteiger charge is 2.42. The van der Waals surface area contributed by atoms with Crippen LogP contribution in [0.15, 0.2) is 6.07 Å². The first kappa shape index (κ1) is 14.9. The summed E-state index contributed by atoms with van der Waals surface area (Å²) in [5, 5.41) is 9.37. The minimum absolute atomic E-state index is 0.0301. The Morgan fingerprint density at radius 2 is 2.05 bits per heavy atom. The van der Waals surface area contributed by atoms with Crippen LogP contribution in [0.5, 0.6) is 0 Å². The normalized spacial score (nSPS) is 23.6. The fourth-order valence-electron chi connectivity index (χ4n) is 2.52. The van der Waals surface area contributed by atoms with Crippen LogP contribution in [0.4, 0.5) is 19.0 Å². The highest BCUT2D eigenvalue weighted by molar-refractivity contribution is 5.91. The first-order valence-electron chi connectivity index (χ1n) is 6.82. The lowest BCUT2D eigenvalue weighted by Gasteiger charge is -2.28. The Labute approximate surface area is 115 Å². The van der Waals surface area contributed by atoms with Crippen molar-refractivity contribution in [2.45, 2.75) is 45.2 Å². The molecule has 112 valence electrons. The number of aromatic nitrogens is 2. The molecule has 7 heteroatoms. The number of amides is 1. The lowest BCUT2D eigenvalue weighted by molar-refractivity contribution is -0.184. The van der Waals surface area contributed by atoms with Crippen LogP contribution in [0.1, 0.15) is 38.3 Å². The summed E-state index contributed by atoms with van der Waals surface area (Å²) in [6.07, 6.45) is -2.74. The van der Waals surface area contributed by atoms with Gasteiger partial charge in [-0.3, -0.25) is 9.89 Å². The third-order valence-corrected chi connectivity index (χ3v) is 3.82. The maximum absolute atomic E-state index is 12.5. The number of nitrogens with one attached hydrogen (secondary N) is 2. The monoisotopic (exact) mass is 289 g/mol. The number of rotatable bonds is 3. The van der Waals surface area contributed by atoms with Gasteiger partial charge >= 0.3 is 6.18 Å². The summed E-state index contributed by atoms with van der Waals surface area (Å²) < 4.78 is 37.6. The van der Waals surface area contributed by atoms with Gasteiger partial charge in [-0.15, -0.1) is 0 Å². The highest BCUT2D eigenvalue weighted by atomic mass is 19.4. The van der Waals surface area contributed by atoms with E-state index in [1.807, 2.05) is 6.92 Å². The van der Waals surface area contributed by atoms with Crippen LogP contribution >= 0.6 is 0 Å². The summed E-state index contributed by atoms with van der Waals surface area (Å²) in [5.74, 6) is -1.41. The minimum atomic E-state index is -4.14. The highest BCUT2D eigenvalue weighted by Crippen LogP contribution is 2.39. The lowest BCUT2D eigenvalue weighted by Crippen LogP contribution is -2.32. The molecule has 0 unspecified atom stereocenters. The number of halogens is 3. The zero-order chi connectivity index (χ0) is 14.8. The van der Waals surface area contributed by atoms with Gasteiger partial charge in [0.2, 0.25) is 5.91 Å². The number of hydrogen-bond donors (Lipinski definition) is 2. The van der Waals surface area contributed by atoms with Crippen molar-refractivity contribution in [3.63, 3.8) is 0 Å². The second-order valence-electron chi connectivity index (χ2n) is 5.21. The zero-order valence-electron chi connectivity index (χ0n) is 11.3. The van der Waals surface area contributed by atoms with Crippen LogP contribution < -0.4 is 5.32 Å². The van der Waals surface area contributed by atoms with Gasteiger partial charge in [-0.05, 0) is 32.1 Å². The van der Waals surface area contributed by atoms with Crippen molar-refractivity contribution in [3.05, 3.63) is 11.8 Å². The SMILES string of the molecule is CCc1cc(NC(=O)C2CCC(C(F)(F)F)CC2)n[nH]1. The summed E-state index contributed by atoms with van der Waals surface area (Å²) >= 11 is 0. The van der Waals surface area contributed by atoms with Gasteiger partial charge in [0.1, 0.15) is 0 Å². The van der Waals surface area contributed by atoms with Gasteiger partial charge in [0.25, 0.3) is 0 Å². The van der Waals surface area contributed by atoms with Gasteiger partial charge in [-0.25, -0.2) is 0 Å². The molecule has 1 aliphatic rings. The topological polar surface area (TPSA) is 57.8 Å². The predicted molar refractivity (Wildman–Crippen MR) is 68.1 cm³/mol. The Hall–Kier alpha value is -1.53. The van der Waals surface area contributed by atoms with Crippen LogP contribution in [0.25, 0.3) is 0 Å². The van der Waals surface area contributed by atoms with E-state index in [0.717, 1.165) is 12.1 Å². The van der Waals surface area contributed by atoms with E-state index in [4.69, 9.17) is 0 Å². The molecule has 0 saturated heterocycles. The summed E-state index contributed by atoms with van der Waals surface area (Å²) in [4.78, 5) is 12.0. The Kier molecular flexibility index (Phi) is 4.35. The molecular weight excluding hydrogens is 271 g/mol. The van der Waals surface area contributed by atoms with Crippen LogP contribution in [0, 0.1) is 11.8 Å². The van der Waals surface area contributed by atoms with Crippen LogP contribution in [0.3, 0.4) is 0 Å². The maximum Gasteiger partial charge on any atom is 0.391 e. The average Bonchev–Trinajstić information content (AvgIpc) is 2.85. The second-order valence-corrected chi connectivity index (χ2v) is 5.21. The number of carbonyl (C=O) groups excluding carboxylic acids is 1. The fourth-order valence-corrected chi connectivity index (χ4v) is 2.52. The van der Waals surface area contributed by atoms with Crippen LogP contribution in [-0.2, 0) is 11.2 Å². The number of carbonyl (C=O) groups is 1. The molecule has 1 aromatic heterocycles. The number of H-pyrrole nitrogens is 1. The number of nitrogens with zero attached hydrogens (tertiary/aromatic N) is 1. The molecule has 0 aliphatic heterocycles. The quantitative estimate of drug-likeness (QED) is 0.897. The molecule has 0 aromatic carbocycles. The predicted octanol–water partition coefficient (Wildman–Crippen LogP) is 3.28. The van der Waals surface area contributed by atoms with Crippen LogP contribution in [0.2, 0.25) is 0 Å². The smallest absolute Gasteiger partial charge is 0.309 e. The number of hydrogen-bond acceptors (Lipinski definition) is 2. The Morgan fingerprint density at radius 1 is 1.40 bits per heavy atom. The van der Waals surface area contributed by atoms with E-state index < -0.39 is 12.1 Å². The van der Waals surface area contributed by atoms with Gasteiger partial charge in [-0.2, -0.15) is 18.3 Å². The molecule has 1 saturated carbocycles. The third kappa shape index (κ3) is 3.52.